The van der Waals surface area contributed by atoms with Crippen LogP contribution in [0.15, 0.2) is 24.3 Å². The van der Waals surface area contributed by atoms with Crippen LogP contribution in [0.5, 0.6) is 0 Å². The van der Waals surface area contributed by atoms with Gasteiger partial charge in [0.1, 0.15) is 0 Å². The van der Waals surface area contributed by atoms with Crippen LogP contribution in [0.1, 0.15) is 41.6 Å². The number of nitrogens with one attached hydrogen (secondary N) is 1. The van der Waals surface area contributed by atoms with Gasteiger partial charge in [0, 0.05) is 12.1 Å². The molecule has 1 fully saturated rings. The number of aliphatic hydroxyl groups is 1. The number of rotatable bonds is 5. The molecule has 0 aromatic heterocycles. The van der Waals surface area contributed by atoms with Gasteiger partial charge in [-0.05, 0) is 30.5 Å². The molecule has 0 radical (unpaired) electrons. The van der Waals surface area contributed by atoms with E-state index in [1.807, 2.05) is 18.2 Å². The van der Waals surface area contributed by atoms with Crippen LogP contribution in [-0.2, 0) is 11.3 Å². The third-order valence-electron chi connectivity index (χ3n) is 3.88. The first-order valence-corrected chi connectivity index (χ1v) is 6.72. The minimum atomic E-state index is -0.320. The minimum Gasteiger partial charge on any atom is -0.465 e. The van der Waals surface area contributed by atoms with Crippen LogP contribution < -0.4 is 5.32 Å². The Morgan fingerprint density at radius 1 is 1.42 bits per heavy atom. The summed E-state index contributed by atoms with van der Waals surface area (Å²) in [6, 6.07) is 7.40. The fourth-order valence-corrected chi connectivity index (χ4v) is 2.66. The van der Waals surface area contributed by atoms with Crippen molar-refractivity contribution < 1.29 is 14.6 Å². The molecule has 19 heavy (non-hydrogen) atoms. The summed E-state index contributed by atoms with van der Waals surface area (Å²) in [5, 5.41) is 13.0. The van der Waals surface area contributed by atoms with Gasteiger partial charge >= 0.3 is 5.97 Å². The molecule has 2 N–H and O–H groups in total. The van der Waals surface area contributed by atoms with Gasteiger partial charge < -0.3 is 15.2 Å². The lowest BCUT2D eigenvalue weighted by atomic mass is 9.98. The number of carbonyl (C=O) groups excluding carboxylic acids is 1. The van der Waals surface area contributed by atoms with E-state index >= 15 is 0 Å². The lowest BCUT2D eigenvalue weighted by Gasteiger charge is -2.28. The Hall–Kier alpha value is -1.39. The van der Waals surface area contributed by atoms with E-state index in [0.29, 0.717) is 12.1 Å². The normalized spacial score (nSPS) is 17.4. The van der Waals surface area contributed by atoms with Gasteiger partial charge in [0.05, 0.1) is 19.3 Å². The van der Waals surface area contributed by atoms with Crippen LogP contribution in [0.2, 0.25) is 0 Å². The quantitative estimate of drug-likeness (QED) is 0.796. The minimum absolute atomic E-state index is 0.138. The molecule has 1 aromatic carbocycles. The van der Waals surface area contributed by atoms with Crippen LogP contribution in [0, 0.1) is 0 Å². The smallest absolute Gasteiger partial charge is 0.337 e. The summed E-state index contributed by atoms with van der Waals surface area (Å²) < 4.78 is 4.71. The topological polar surface area (TPSA) is 58.6 Å². The number of esters is 1. The number of carbonyl (C=O) groups is 1. The Morgan fingerprint density at radius 3 is 2.79 bits per heavy atom. The van der Waals surface area contributed by atoms with Crippen molar-refractivity contribution in [3.63, 3.8) is 0 Å². The van der Waals surface area contributed by atoms with Crippen molar-refractivity contribution in [1.29, 1.82) is 0 Å². The summed E-state index contributed by atoms with van der Waals surface area (Å²) in [5.41, 5.74) is 1.45. The summed E-state index contributed by atoms with van der Waals surface area (Å²) in [5.74, 6) is -0.320. The van der Waals surface area contributed by atoms with Gasteiger partial charge in [0.15, 0.2) is 0 Å². The third kappa shape index (κ3) is 3.33. The molecular formula is C15H21NO3. The molecule has 4 nitrogen and oxygen atoms in total. The lowest BCUT2D eigenvalue weighted by molar-refractivity contribution is 0.0600. The summed E-state index contributed by atoms with van der Waals surface area (Å²) in [7, 11) is 1.38. The Morgan fingerprint density at radius 2 is 2.16 bits per heavy atom. The van der Waals surface area contributed by atoms with Gasteiger partial charge in [0.2, 0.25) is 0 Å². The second-order valence-electron chi connectivity index (χ2n) is 5.19. The molecule has 104 valence electrons. The van der Waals surface area contributed by atoms with Gasteiger partial charge in [-0.15, -0.1) is 0 Å². The Bertz CT molecular complexity index is 439. The van der Waals surface area contributed by atoms with Crippen LogP contribution >= 0.6 is 0 Å². The summed E-state index contributed by atoms with van der Waals surface area (Å²) in [6.07, 6.45) is 4.35. The lowest BCUT2D eigenvalue weighted by Crippen LogP contribution is -2.45. The van der Waals surface area contributed by atoms with Crippen molar-refractivity contribution >= 4 is 5.97 Å². The number of benzene rings is 1. The zero-order valence-electron chi connectivity index (χ0n) is 11.3. The standard InChI is InChI=1S/C15H21NO3/c1-19-14(18)13-6-4-5-12(9-13)10-16-15(11-17)7-2-3-8-15/h4-6,9,16-17H,2-3,7-8,10-11H2,1H3. The number of hydrogen-bond acceptors (Lipinski definition) is 4. The molecule has 1 aliphatic carbocycles. The molecule has 2 rings (SSSR count). The van der Waals surface area contributed by atoms with Gasteiger partial charge in [0.25, 0.3) is 0 Å². The first-order chi connectivity index (χ1) is 9.19. The highest BCUT2D eigenvalue weighted by molar-refractivity contribution is 5.89. The van der Waals surface area contributed by atoms with Crippen molar-refractivity contribution in [2.24, 2.45) is 0 Å². The van der Waals surface area contributed by atoms with E-state index < -0.39 is 0 Å². The molecule has 0 heterocycles. The average molecular weight is 263 g/mol. The molecule has 0 unspecified atom stereocenters. The SMILES string of the molecule is COC(=O)c1cccc(CNC2(CO)CCCC2)c1. The fourth-order valence-electron chi connectivity index (χ4n) is 2.66. The summed E-state index contributed by atoms with van der Waals surface area (Å²) >= 11 is 0. The molecule has 1 saturated carbocycles. The predicted molar refractivity (Wildman–Crippen MR) is 72.9 cm³/mol. The number of aliphatic hydroxyl groups excluding tert-OH is 1. The first kappa shape index (κ1) is 14.0. The van der Waals surface area contributed by atoms with Crippen molar-refractivity contribution in [2.45, 2.75) is 37.8 Å². The fraction of sp³-hybridized carbons (Fsp3) is 0.533. The second-order valence-corrected chi connectivity index (χ2v) is 5.19. The highest BCUT2D eigenvalue weighted by atomic mass is 16.5. The summed E-state index contributed by atoms with van der Waals surface area (Å²) in [4.78, 5) is 11.5. The number of methoxy groups -OCH3 is 1. The zero-order chi connectivity index (χ0) is 13.7. The Kier molecular flexibility index (Phi) is 4.56. The zero-order valence-corrected chi connectivity index (χ0v) is 11.3. The number of ether oxygens (including phenoxy) is 1. The highest BCUT2D eigenvalue weighted by Gasteiger charge is 2.32. The molecule has 0 spiro atoms. The Labute approximate surface area is 113 Å². The van der Waals surface area contributed by atoms with E-state index in [1.165, 1.54) is 7.11 Å². The number of hydrogen-bond donors (Lipinski definition) is 2. The van der Waals surface area contributed by atoms with Crippen LogP contribution in [-0.4, -0.2) is 30.3 Å². The van der Waals surface area contributed by atoms with E-state index in [9.17, 15) is 9.90 Å². The summed E-state index contributed by atoms with van der Waals surface area (Å²) in [6.45, 7) is 0.828. The largest absolute Gasteiger partial charge is 0.465 e. The predicted octanol–water partition coefficient (Wildman–Crippen LogP) is 1.87. The molecule has 0 atom stereocenters. The van der Waals surface area contributed by atoms with Gasteiger partial charge in [-0.3, -0.25) is 0 Å². The van der Waals surface area contributed by atoms with Crippen molar-refractivity contribution in [3.8, 4) is 0 Å². The third-order valence-corrected chi connectivity index (χ3v) is 3.88. The molecule has 0 aliphatic heterocycles. The maximum absolute atomic E-state index is 11.5. The molecule has 0 amide bonds. The highest BCUT2D eigenvalue weighted by Crippen LogP contribution is 2.29. The van der Waals surface area contributed by atoms with Crippen LogP contribution in [0.3, 0.4) is 0 Å². The molecule has 1 aromatic rings. The van der Waals surface area contributed by atoms with Gasteiger partial charge in [-0.1, -0.05) is 25.0 Å². The monoisotopic (exact) mass is 263 g/mol. The first-order valence-electron chi connectivity index (χ1n) is 6.72. The van der Waals surface area contributed by atoms with E-state index in [4.69, 9.17) is 4.74 Å². The molecule has 0 bridgehead atoms. The van der Waals surface area contributed by atoms with E-state index in [-0.39, 0.29) is 18.1 Å². The van der Waals surface area contributed by atoms with Gasteiger partial charge in [-0.25, -0.2) is 4.79 Å². The molecule has 0 saturated heterocycles. The second kappa shape index (κ2) is 6.17. The van der Waals surface area contributed by atoms with Crippen LogP contribution in [0.25, 0.3) is 0 Å². The van der Waals surface area contributed by atoms with E-state index in [0.717, 1.165) is 31.2 Å². The van der Waals surface area contributed by atoms with Gasteiger partial charge in [-0.2, -0.15) is 0 Å². The average Bonchev–Trinajstić information content (AvgIpc) is 2.94. The van der Waals surface area contributed by atoms with E-state index in [1.54, 1.807) is 6.07 Å². The molecular weight excluding hydrogens is 242 g/mol. The van der Waals surface area contributed by atoms with Crippen LogP contribution in [0.4, 0.5) is 0 Å². The van der Waals surface area contributed by atoms with Crippen molar-refractivity contribution in [2.75, 3.05) is 13.7 Å². The van der Waals surface area contributed by atoms with E-state index in [2.05, 4.69) is 5.32 Å². The van der Waals surface area contributed by atoms with Crippen molar-refractivity contribution in [3.05, 3.63) is 35.4 Å². The molecule has 1 aliphatic rings. The molecule has 4 heteroatoms. The maximum atomic E-state index is 11.5. The maximum Gasteiger partial charge on any atom is 0.337 e. The van der Waals surface area contributed by atoms with Crippen molar-refractivity contribution in [1.82, 2.24) is 5.32 Å². The Balaban J connectivity index is 2.01.